The number of allylic oxidation sites excluding steroid dienone is 1. The minimum absolute atomic E-state index is 0.0154. The molecule has 10 aromatic rings. The van der Waals surface area contributed by atoms with E-state index in [4.69, 9.17) is 4.42 Å². The fourth-order valence-corrected chi connectivity index (χ4v) is 10.2. The fraction of sp³-hybridized carbons (Fsp3) is 0.156. The third kappa shape index (κ3) is 7.31. The van der Waals surface area contributed by atoms with E-state index in [1.54, 1.807) is 0 Å². The Bertz CT molecular complexity index is 3440. The van der Waals surface area contributed by atoms with Gasteiger partial charge in [-0.05, 0) is 103 Å². The molecule has 0 N–H and O–H groups in total. The zero-order chi connectivity index (χ0) is 45.2. The molecule has 11 rings (SSSR count). The smallest absolute Gasteiger partial charge is 0.143 e. The van der Waals surface area contributed by atoms with Crippen LogP contribution in [0.3, 0.4) is 0 Å². The van der Waals surface area contributed by atoms with Gasteiger partial charge >= 0.3 is 0 Å². The predicted octanol–water partition coefficient (Wildman–Crippen LogP) is 18.4. The molecule has 1 atom stereocenters. The van der Waals surface area contributed by atoms with E-state index in [2.05, 4.69) is 247 Å². The first kappa shape index (κ1) is 41.3. The molecule has 0 bridgehead atoms. The van der Waals surface area contributed by atoms with Gasteiger partial charge in [0.25, 0.3) is 0 Å². The van der Waals surface area contributed by atoms with Crippen molar-refractivity contribution < 1.29 is 4.42 Å². The molecular weight excluding hydrogens is 799 g/mol. The highest BCUT2D eigenvalue weighted by atomic mass is 16.3. The normalized spacial score (nSPS) is 13.9. The van der Waals surface area contributed by atoms with Crippen molar-refractivity contribution >= 4 is 55.8 Å². The topological polar surface area (TPSA) is 16.4 Å². The average Bonchev–Trinajstić information content (AvgIpc) is 3.73. The number of hydrogen-bond donors (Lipinski definition) is 0. The van der Waals surface area contributed by atoms with Gasteiger partial charge in [0.05, 0.1) is 11.4 Å². The van der Waals surface area contributed by atoms with Crippen LogP contribution < -0.4 is 4.90 Å². The molecule has 9 aromatic carbocycles. The van der Waals surface area contributed by atoms with Crippen LogP contribution in [0.15, 0.2) is 205 Å². The first-order valence-electron chi connectivity index (χ1n) is 23.4. The van der Waals surface area contributed by atoms with E-state index in [9.17, 15) is 0 Å². The summed E-state index contributed by atoms with van der Waals surface area (Å²) in [7, 11) is 0. The fourth-order valence-electron chi connectivity index (χ4n) is 10.2. The van der Waals surface area contributed by atoms with E-state index in [0.29, 0.717) is 0 Å². The van der Waals surface area contributed by atoms with Crippen LogP contribution in [0.1, 0.15) is 81.7 Å². The van der Waals surface area contributed by atoms with Gasteiger partial charge < -0.3 is 9.32 Å². The van der Waals surface area contributed by atoms with Gasteiger partial charge in [-0.3, -0.25) is 0 Å². The van der Waals surface area contributed by atoms with Gasteiger partial charge in [-0.2, -0.15) is 0 Å². The highest BCUT2D eigenvalue weighted by molar-refractivity contribution is 6.10. The Kier molecular flexibility index (Phi) is 10.2. The molecule has 0 aliphatic heterocycles. The Morgan fingerprint density at radius 3 is 1.74 bits per heavy atom. The average molecular weight is 854 g/mol. The number of hydrogen-bond acceptors (Lipinski definition) is 2. The Hall–Kier alpha value is -7.42. The maximum absolute atomic E-state index is 6.54. The van der Waals surface area contributed by atoms with Crippen LogP contribution in [0, 0.1) is 0 Å². The molecular formula is C64H55NO. The van der Waals surface area contributed by atoms with Gasteiger partial charge in [-0.1, -0.05) is 217 Å². The minimum Gasteiger partial charge on any atom is -0.455 e. The van der Waals surface area contributed by atoms with E-state index < -0.39 is 0 Å². The third-order valence-electron chi connectivity index (χ3n) is 13.7. The number of benzene rings is 9. The second-order valence-electron chi connectivity index (χ2n) is 20.1. The van der Waals surface area contributed by atoms with Crippen molar-refractivity contribution in [2.24, 2.45) is 0 Å². The van der Waals surface area contributed by atoms with Gasteiger partial charge in [0.1, 0.15) is 11.2 Å². The first-order valence-corrected chi connectivity index (χ1v) is 23.4. The van der Waals surface area contributed by atoms with Crippen molar-refractivity contribution in [1.82, 2.24) is 0 Å². The molecule has 1 heterocycles. The van der Waals surface area contributed by atoms with Crippen LogP contribution in [0.5, 0.6) is 0 Å². The quantitative estimate of drug-likeness (QED) is 0.159. The monoisotopic (exact) mass is 853 g/mol. The lowest BCUT2D eigenvalue weighted by Crippen LogP contribution is -2.18. The number of furan rings is 1. The largest absolute Gasteiger partial charge is 0.455 e. The Morgan fingerprint density at radius 2 is 1.02 bits per heavy atom. The summed E-state index contributed by atoms with van der Waals surface area (Å²) in [6, 6.07) is 71.5. The molecule has 0 radical (unpaired) electrons. The number of anilines is 3. The van der Waals surface area contributed by atoms with E-state index in [1.165, 1.54) is 60.8 Å². The van der Waals surface area contributed by atoms with Crippen molar-refractivity contribution in [3.8, 4) is 33.4 Å². The molecule has 1 aliphatic carbocycles. The van der Waals surface area contributed by atoms with Crippen LogP contribution in [-0.2, 0) is 10.8 Å². The zero-order valence-corrected chi connectivity index (χ0v) is 38.8. The van der Waals surface area contributed by atoms with Crippen molar-refractivity contribution in [3.05, 3.63) is 228 Å². The van der Waals surface area contributed by atoms with Crippen LogP contribution in [0.2, 0.25) is 0 Å². The van der Waals surface area contributed by atoms with Gasteiger partial charge in [0, 0.05) is 39.1 Å². The summed E-state index contributed by atoms with van der Waals surface area (Å²) in [4.78, 5) is 2.49. The summed E-state index contributed by atoms with van der Waals surface area (Å²) in [6.45, 7) is 14.0. The predicted molar refractivity (Wildman–Crippen MR) is 282 cm³/mol. The Labute approximate surface area is 389 Å². The standard InChI is InChI=1S/C64H55NO/c1-63(2,3)46-39-45(40-47(41-46)64(4,5)6)50-27-16-21-44-22-17-30-56(61(44)50)54-25-10-13-33-59(54)65(58-32-12-9-24-53(58)52-29-15-20-42-19-7-8-23-49(42)52)48-37-35-43(36-38-48)51-28-18-31-57-55-26-11-14-34-60(55)66-62(51)57/h7-26,28-41,50H,27H2,1-6H3. The molecule has 0 amide bonds. The van der Waals surface area contributed by atoms with Gasteiger partial charge in [-0.25, -0.2) is 0 Å². The Balaban J connectivity index is 1.12. The zero-order valence-electron chi connectivity index (χ0n) is 38.8. The second kappa shape index (κ2) is 16.2. The van der Waals surface area contributed by atoms with E-state index in [1.807, 2.05) is 6.07 Å². The lowest BCUT2D eigenvalue weighted by molar-refractivity contribution is 0.565. The van der Waals surface area contributed by atoms with E-state index in [-0.39, 0.29) is 16.7 Å². The van der Waals surface area contributed by atoms with Crippen LogP contribution >= 0.6 is 0 Å². The maximum atomic E-state index is 6.54. The summed E-state index contributed by atoms with van der Waals surface area (Å²) in [5, 5.41) is 4.72. The summed E-state index contributed by atoms with van der Waals surface area (Å²) in [5.74, 6) is 0.189. The van der Waals surface area contributed by atoms with E-state index in [0.717, 1.165) is 56.5 Å². The van der Waals surface area contributed by atoms with Crippen LogP contribution in [0.4, 0.5) is 17.1 Å². The van der Waals surface area contributed by atoms with Crippen LogP contribution in [-0.4, -0.2) is 0 Å². The molecule has 0 spiro atoms. The number of para-hydroxylation sites is 4. The van der Waals surface area contributed by atoms with Crippen LogP contribution in [0.25, 0.3) is 72.2 Å². The summed E-state index contributed by atoms with van der Waals surface area (Å²) in [5.41, 5.74) is 19.0. The number of nitrogens with zero attached hydrogens (tertiary/aromatic N) is 1. The van der Waals surface area contributed by atoms with Crippen molar-refractivity contribution in [3.63, 3.8) is 0 Å². The molecule has 0 fully saturated rings. The number of fused-ring (bicyclic) bond motifs is 5. The molecule has 2 heteroatoms. The SMILES string of the molecule is CC(C)(C)c1cc(C2CC=Cc3cccc(-c4ccccc4N(c4ccc(-c5cccc6c5oc5ccccc56)cc4)c4ccccc4-c4cccc5ccccc45)c32)cc(C(C)(C)C)c1. The molecule has 322 valence electrons. The molecule has 0 saturated carbocycles. The highest BCUT2D eigenvalue weighted by Crippen LogP contribution is 2.50. The molecule has 0 saturated heterocycles. The maximum Gasteiger partial charge on any atom is 0.143 e. The van der Waals surface area contributed by atoms with Gasteiger partial charge in [-0.15, -0.1) is 0 Å². The molecule has 66 heavy (non-hydrogen) atoms. The van der Waals surface area contributed by atoms with Crippen molar-refractivity contribution in [1.29, 1.82) is 0 Å². The molecule has 2 nitrogen and oxygen atoms in total. The summed E-state index contributed by atoms with van der Waals surface area (Å²) in [6.07, 6.45) is 5.66. The summed E-state index contributed by atoms with van der Waals surface area (Å²) < 4.78 is 6.54. The first-order chi connectivity index (χ1) is 32.0. The lowest BCUT2D eigenvalue weighted by atomic mass is 9.74. The molecule has 1 aromatic heterocycles. The van der Waals surface area contributed by atoms with E-state index >= 15 is 0 Å². The van der Waals surface area contributed by atoms with Gasteiger partial charge in [0.2, 0.25) is 0 Å². The van der Waals surface area contributed by atoms with Crippen molar-refractivity contribution in [2.45, 2.75) is 64.7 Å². The second-order valence-corrected chi connectivity index (χ2v) is 20.1. The highest BCUT2D eigenvalue weighted by Gasteiger charge is 2.29. The third-order valence-corrected chi connectivity index (χ3v) is 13.7. The van der Waals surface area contributed by atoms with Crippen molar-refractivity contribution in [2.75, 3.05) is 4.90 Å². The Morgan fingerprint density at radius 1 is 0.470 bits per heavy atom. The molecule has 1 aliphatic rings. The minimum atomic E-state index is 0.0154. The van der Waals surface area contributed by atoms with Gasteiger partial charge in [0.15, 0.2) is 0 Å². The lowest BCUT2D eigenvalue weighted by Gasteiger charge is -2.33. The summed E-state index contributed by atoms with van der Waals surface area (Å²) >= 11 is 0. The number of rotatable bonds is 7. The molecule has 1 unspecified atom stereocenters.